The van der Waals surface area contributed by atoms with Crippen molar-refractivity contribution >= 4 is 0 Å². The lowest BCUT2D eigenvalue weighted by Gasteiger charge is -2.26. The molecule has 0 unspecified atom stereocenters. The maximum atomic E-state index is 11.6. The predicted octanol–water partition coefficient (Wildman–Crippen LogP) is 2.53. The summed E-state index contributed by atoms with van der Waals surface area (Å²) in [5, 5.41) is 5.45. The van der Waals surface area contributed by atoms with Crippen LogP contribution in [-0.2, 0) is 6.42 Å². The molecule has 4 heteroatoms. The minimum absolute atomic E-state index is 0.0349. The summed E-state index contributed by atoms with van der Waals surface area (Å²) in [4.78, 5) is 11.6. The molecule has 0 aliphatic heterocycles. The Balaban J connectivity index is 1.70. The van der Waals surface area contributed by atoms with E-state index in [4.69, 9.17) is 4.74 Å². The number of aromatic amines is 2. The smallest absolute Gasteiger partial charge is 0.267 e. The summed E-state index contributed by atoms with van der Waals surface area (Å²) in [5.74, 6) is 0.924. The molecule has 1 heterocycles. The van der Waals surface area contributed by atoms with E-state index in [1.54, 1.807) is 0 Å². The molecule has 1 aromatic heterocycles. The van der Waals surface area contributed by atoms with Gasteiger partial charge in [0.05, 0.1) is 6.10 Å². The van der Waals surface area contributed by atoms with Crippen LogP contribution in [0.1, 0.15) is 36.1 Å². The van der Waals surface area contributed by atoms with Crippen molar-refractivity contribution in [2.45, 2.75) is 38.7 Å². The first-order valence-electron chi connectivity index (χ1n) is 6.74. The van der Waals surface area contributed by atoms with Gasteiger partial charge in [0.2, 0.25) is 0 Å². The Morgan fingerprint density at radius 3 is 2.47 bits per heavy atom. The maximum Gasteiger partial charge on any atom is 0.267 e. The Kier molecular flexibility index (Phi) is 3.15. The minimum Gasteiger partial charge on any atom is -0.490 e. The van der Waals surface area contributed by atoms with Crippen molar-refractivity contribution in [3.8, 4) is 5.75 Å². The van der Waals surface area contributed by atoms with Crippen molar-refractivity contribution < 1.29 is 4.74 Å². The Labute approximate surface area is 111 Å². The summed E-state index contributed by atoms with van der Waals surface area (Å²) in [7, 11) is 0. The number of hydrogen-bond donors (Lipinski definition) is 2. The summed E-state index contributed by atoms with van der Waals surface area (Å²) < 4.78 is 5.81. The van der Waals surface area contributed by atoms with E-state index in [-0.39, 0.29) is 5.56 Å². The van der Waals surface area contributed by atoms with Crippen LogP contribution in [0.4, 0.5) is 0 Å². The van der Waals surface area contributed by atoms with Gasteiger partial charge in [0, 0.05) is 17.7 Å². The van der Waals surface area contributed by atoms with Crippen molar-refractivity contribution in [3.63, 3.8) is 0 Å². The molecule has 1 aliphatic rings. The molecular weight excluding hydrogens is 240 g/mol. The van der Waals surface area contributed by atoms with Crippen molar-refractivity contribution in [1.29, 1.82) is 0 Å². The molecule has 1 fully saturated rings. The fourth-order valence-electron chi connectivity index (χ4n) is 2.26. The van der Waals surface area contributed by atoms with Crippen LogP contribution in [-0.4, -0.2) is 16.3 Å². The fourth-order valence-corrected chi connectivity index (χ4v) is 2.26. The van der Waals surface area contributed by atoms with E-state index >= 15 is 0 Å². The van der Waals surface area contributed by atoms with E-state index in [9.17, 15) is 4.79 Å². The van der Waals surface area contributed by atoms with Gasteiger partial charge in [-0.2, -0.15) is 0 Å². The third kappa shape index (κ3) is 2.57. The maximum absolute atomic E-state index is 11.6. The second-order valence-corrected chi connectivity index (χ2v) is 5.17. The van der Waals surface area contributed by atoms with Gasteiger partial charge < -0.3 is 9.84 Å². The number of ether oxygens (including phenoxy) is 1. The normalized spacial score (nSPS) is 15.2. The molecule has 4 nitrogen and oxygen atoms in total. The number of rotatable bonds is 4. The highest BCUT2D eigenvalue weighted by Gasteiger charge is 2.18. The van der Waals surface area contributed by atoms with E-state index in [1.807, 2.05) is 31.2 Å². The summed E-state index contributed by atoms with van der Waals surface area (Å²) >= 11 is 0. The molecule has 1 saturated carbocycles. The highest BCUT2D eigenvalue weighted by Crippen LogP contribution is 2.25. The average Bonchev–Trinajstić information content (AvgIpc) is 2.67. The standard InChI is InChI=1S/C15H18N2O2/c1-10-14(15(18)17-16-10)9-11-5-7-13(8-6-11)19-12-3-2-4-12/h5-8,12H,2-4,9H2,1H3,(H2,16,17,18). The average molecular weight is 258 g/mol. The predicted molar refractivity (Wildman–Crippen MR) is 73.7 cm³/mol. The molecule has 1 aliphatic carbocycles. The zero-order valence-electron chi connectivity index (χ0n) is 11.0. The second kappa shape index (κ2) is 4.96. The monoisotopic (exact) mass is 258 g/mol. The number of H-pyrrole nitrogens is 2. The first kappa shape index (κ1) is 12.1. The Bertz CT molecular complexity index is 606. The van der Waals surface area contributed by atoms with Gasteiger partial charge in [0.1, 0.15) is 5.75 Å². The van der Waals surface area contributed by atoms with Gasteiger partial charge >= 0.3 is 0 Å². The summed E-state index contributed by atoms with van der Waals surface area (Å²) in [6.07, 6.45) is 4.66. The molecule has 0 spiro atoms. The first-order chi connectivity index (χ1) is 9.22. The Morgan fingerprint density at radius 1 is 1.21 bits per heavy atom. The van der Waals surface area contributed by atoms with Gasteiger partial charge in [-0.3, -0.25) is 9.89 Å². The summed E-state index contributed by atoms with van der Waals surface area (Å²) in [6, 6.07) is 8.04. The van der Waals surface area contributed by atoms with Crippen molar-refractivity contribution in [2.75, 3.05) is 0 Å². The zero-order valence-corrected chi connectivity index (χ0v) is 11.0. The molecule has 0 atom stereocenters. The Morgan fingerprint density at radius 2 is 1.95 bits per heavy atom. The Hall–Kier alpha value is -1.97. The lowest BCUT2D eigenvalue weighted by atomic mass is 9.96. The van der Waals surface area contributed by atoms with E-state index in [1.165, 1.54) is 19.3 Å². The molecule has 2 aromatic rings. The van der Waals surface area contributed by atoms with Crippen LogP contribution in [0.25, 0.3) is 0 Å². The van der Waals surface area contributed by atoms with Crippen LogP contribution in [0.15, 0.2) is 29.1 Å². The molecule has 3 rings (SSSR count). The van der Waals surface area contributed by atoms with Crippen LogP contribution in [0.5, 0.6) is 5.75 Å². The van der Waals surface area contributed by atoms with Crippen LogP contribution < -0.4 is 10.3 Å². The third-order valence-electron chi connectivity index (χ3n) is 3.75. The lowest BCUT2D eigenvalue weighted by molar-refractivity contribution is 0.120. The number of benzene rings is 1. The van der Waals surface area contributed by atoms with Crippen LogP contribution in [0.2, 0.25) is 0 Å². The molecule has 19 heavy (non-hydrogen) atoms. The van der Waals surface area contributed by atoms with Gasteiger partial charge in [-0.15, -0.1) is 0 Å². The van der Waals surface area contributed by atoms with Gasteiger partial charge in [-0.25, -0.2) is 0 Å². The van der Waals surface area contributed by atoms with E-state index in [0.717, 1.165) is 22.6 Å². The van der Waals surface area contributed by atoms with Gasteiger partial charge in [0.15, 0.2) is 0 Å². The quantitative estimate of drug-likeness (QED) is 0.885. The molecule has 0 radical (unpaired) electrons. The number of aryl methyl sites for hydroxylation is 1. The molecule has 0 saturated heterocycles. The molecular formula is C15H18N2O2. The number of aromatic nitrogens is 2. The van der Waals surface area contributed by atoms with Crippen molar-refractivity contribution in [3.05, 3.63) is 51.4 Å². The summed E-state index contributed by atoms with van der Waals surface area (Å²) in [6.45, 7) is 1.90. The third-order valence-corrected chi connectivity index (χ3v) is 3.75. The minimum atomic E-state index is -0.0349. The summed E-state index contributed by atoms with van der Waals surface area (Å²) in [5.41, 5.74) is 2.79. The lowest BCUT2D eigenvalue weighted by Crippen LogP contribution is -2.24. The second-order valence-electron chi connectivity index (χ2n) is 5.17. The topological polar surface area (TPSA) is 57.9 Å². The fraction of sp³-hybridized carbons (Fsp3) is 0.400. The van der Waals surface area contributed by atoms with E-state index in [0.29, 0.717) is 12.5 Å². The SMILES string of the molecule is Cc1[nH][nH]c(=O)c1Cc1ccc(OC2CCC2)cc1. The molecule has 1 aromatic carbocycles. The molecule has 0 amide bonds. The highest BCUT2D eigenvalue weighted by molar-refractivity contribution is 5.32. The molecule has 2 N–H and O–H groups in total. The van der Waals surface area contributed by atoms with Gasteiger partial charge in [-0.1, -0.05) is 12.1 Å². The van der Waals surface area contributed by atoms with Crippen LogP contribution >= 0.6 is 0 Å². The van der Waals surface area contributed by atoms with Gasteiger partial charge in [-0.05, 0) is 43.9 Å². The van der Waals surface area contributed by atoms with Crippen LogP contribution in [0.3, 0.4) is 0 Å². The van der Waals surface area contributed by atoms with E-state index in [2.05, 4.69) is 10.2 Å². The first-order valence-corrected chi connectivity index (χ1v) is 6.74. The number of nitrogens with one attached hydrogen (secondary N) is 2. The molecule has 100 valence electrons. The van der Waals surface area contributed by atoms with Crippen molar-refractivity contribution in [1.82, 2.24) is 10.2 Å². The zero-order chi connectivity index (χ0) is 13.2. The van der Waals surface area contributed by atoms with E-state index < -0.39 is 0 Å². The van der Waals surface area contributed by atoms with Crippen molar-refractivity contribution in [2.24, 2.45) is 0 Å². The molecule has 0 bridgehead atoms. The van der Waals surface area contributed by atoms with Crippen LogP contribution in [0, 0.1) is 6.92 Å². The highest BCUT2D eigenvalue weighted by atomic mass is 16.5. The largest absolute Gasteiger partial charge is 0.490 e. The van der Waals surface area contributed by atoms with Gasteiger partial charge in [0.25, 0.3) is 5.56 Å². The number of hydrogen-bond acceptors (Lipinski definition) is 2.